The van der Waals surface area contributed by atoms with Crippen molar-refractivity contribution in [3.8, 4) is 0 Å². The quantitative estimate of drug-likeness (QED) is 0.490. The number of carbonyl (C=O) groups is 1. The van der Waals surface area contributed by atoms with E-state index in [0.29, 0.717) is 19.4 Å². The van der Waals surface area contributed by atoms with E-state index in [1.54, 1.807) is 25.2 Å². The van der Waals surface area contributed by atoms with Crippen molar-refractivity contribution in [1.82, 2.24) is 15.0 Å². The molecule has 0 aliphatic rings. The third kappa shape index (κ3) is 5.41. The number of aromatic nitrogens is 1. The molecule has 1 atom stereocenters. The zero-order valence-corrected chi connectivity index (χ0v) is 18.4. The minimum Gasteiger partial charge on any atom is -0.355 e. The van der Waals surface area contributed by atoms with Crippen LogP contribution >= 0.6 is 11.3 Å². The normalized spacial score (nSPS) is 12.9. The summed E-state index contributed by atoms with van der Waals surface area (Å²) >= 11 is 1.62. The van der Waals surface area contributed by atoms with Crippen molar-refractivity contribution in [3.63, 3.8) is 0 Å². The monoisotopic (exact) mass is 449 g/mol. The van der Waals surface area contributed by atoms with Crippen LogP contribution in [0.1, 0.15) is 25.3 Å². The van der Waals surface area contributed by atoms with E-state index >= 15 is 0 Å². The number of aryl methyl sites for hydroxylation is 1. The molecule has 0 radical (unpaired) electrons. The second-order valence-electron chi connectivity index (χ2n) is 7.24. The number of hydrogen-bond donors (Lipinski definition) is 2. The SMILES string of the molecule is CC(C)[C@H](NS(=O)(=O)c1ccccc1F)C(=O)NCCCc1nc2ccccc2s1. The number of amides is 1. The molecule has 0 saturated carbocycles. The van der Waals surface area contributed by atoms with Gasteiger partial charge in [-0.2, -0.15) is 4.72 Å². The minimum atomic E-state index is -4.16. The summed E-state index contributed by atoms with van der Waals surface area (Å²) in [4.78, 5) is 16.7. The third-order valence-corrected chi connectivity index (χ3v) is 7.13. The molecule has 0 fully saturated rings. The maximum absolute atomic E-state index is 13.9. The van der Waals surface area contributed by atoms with Crippen LogP contribution in [0.25, 0.3) is 10.2 Å². The molecule has 0 bridgehead atoms. The molecule has 9 heteroatoms. The van der Waals surface area contributed by atoms with E-state index in [1.807, 2.05) is 24.3 Å². The lowest BCUT2D eigenvalue weighted by molar-refractivity contribution is -0.123. The van der Waals surface area contributed by atoms with Crippen molar-refractivity contribution >= 4 is 37.5 Å². The zero-order chi connectivity index (χ0) is 21.7. The van der Waals surface area contributed by atoms with Crippen LogP contribution < -0.4 is 10.0 Å². The molecule has 0 spiro atoms. The number of carbonyl (C=O) groups excluding carboxylic acids is 1. The number of sulfonamides is 1. The molecule has 0 unspecified atom stereocenters. The standard InChI is InChI=1S/C21H24FN3O3S2/c1-14(2)20(25-30(27,28)18-11-6-3-8-15(18)22)21(26)23-13-7-12-19-24-16-9-4-5-10-17(16)29-19/h3-6,8-11,14,20,25H,7,12-13H2,1-2H3,(H,23,26)/t20-/m0/s1. The van der Waals surface area contributed by atoms with Gasteiger partial charge in [-0.1, -0.05) is 38.1 Å². The predicted octanol–water partition coefficient (Wildman–Crippen LogP) is 3.49. The molecular weight excluding hydrogens is 425 g/mol. The van der Waals surface area contributed by atoms with Gasteiger partial charge in [0, 0.05) is 13.0 Å². The van der Waals surface area contributed by atoms with E-state index in [4.69, 9.17) is 0 Å². The van der Waals surface area contributed by atoms with E-state index in [1.165, 1.54) is 18.2 Å². The van der Waals surface area contributed by atoms with Crippen LogP contribution in [-0.2, 0) is 21.2 Å². The average molecular weight is 450 g/mol. The van der Waals surface area contributed by atoms with Crippen molar-refractivity contribution in [2.75, 3.05) is 6.54 Å². The third-order valence-electron chi connectivity index (χ3n) is 4.56. The highest BCUT2D eigenvalue weighted by Crippen LogP contribution is 2.22. The van der Waals surface area contributed by atoms with E-state index in [9.17, 15) is 17.6 Å². The van der Waals surface area contributed by atoms with Crippen LogP contribution in [0.4, 0.5) is 4.39 Å². The van der Waals surface area contributed by atoms with Gasteiger partial charge in [0.1, 0.15) is 16.8 Å². The summed E-state index contributed by atoms with van der Waals surface area (Å²) in [5, 5.41) is 3.77. The lowest BCUT2D eigenvalue weighted by Gasteiger charge is -2.21. The Kier molecular flexibility index (Phi) is 7.17. The predicted molar refractivity (Wildman–Crippen MR) is 116 cm³/mol. The number of nitrogens with one attached hydrogen (secondary N) is 2. The molecule has 1 aromatic heterocycles. The summed E-state index contributed by atoms with van der Waals surface area (Å²) in [6.07, 6.45) is 1.39. The fourth-order valence-corrected chi connectivity index (χ4v) is 5.41. The Bertz CT molecular complexity index is 1100. The van der Waals surface area contributed by atoms with Gasteiger partial charge in [-0.15, -0.1) is 11.3 Å². The van der Waals surface area contributed by atoms with E-state index < -0.39 is 32.7 Å². The number of fused-ring (bicyclic) bond motifs is 1. The van der Waals surface area contributed by atoms with E-state index in [-0.39, 0.29) is 5.92 Å². The molecule has 0 aliphatic heterocycles. The molecule has 1 amide bonds. The van der Waals surface area contributed by atoms with Crippen LogP contribution in [0.15, 0.2) is 53.4 Å². The molecule has 2 aromatic carbocycles. The van der Waals surface area contributed by atoms with Gasteiger partial charge in [0.05, 0.1) is 15.2 Å². The van der Waals surface area contributed by atoms with E-state index in [2.05, 4.69) is 15.0 Å². The van der Waals surface area contributed by atoms with Gasteiger partial charge in [-0.25, -0.2) is 17.8 Å². The topological polar surface area (TPSA) is 88.2 Å². The van der Waals surface area contributed by atoms with Crippen LogP contribution in [0.5, 0.6) is 0 Å². The van der Waals surface area contributed by atoms with Crippen LogP contribution in [0.3, 0.4) is 0 Å². The number of nitrogens with zero attached hydrogens (tertiary/aromatic N) is 1. The molecule has 30 heavy (non-hydrogen) atoms. The van der Waals surface area contributed by atoms with Crippen molar-refractivity contribution in [2.24, 2.45) is 5.92 Å². The Morgan fingerprint density at radius 1 is 1.13 bits per heavy atom. The Balaban J connectivity index is 1.57. The Morgan fingerprint density at radius 2 is 1.83 bits per heavy atom. The lowest BCUT2D eigenvalue weighted by Crippen LogP contribution is -2.49. The van der Waals surface area contributed by atoms with Gasteiger partial charge in [-0.05, 0) is 36.6 Å². The maximum atomic E-state index is 13.9. The van der Waals surface area contributed by atoms with Gasteiger partial charge in [0.15, 0.2) is 0 Å². The van der Waals surface area contributed by atoms with Crippen molar-refractivity contribution in [3.05, 3.63) is 59.4 Å². The number of para-hydroxylation sites is 1. The fraction of sp³-hybridized carbons (Fsp3) is 0.333. The van der Waals surface area contributed by atoms with Crippen LogP contribution in [0, 0.1) is 11.7 Å². The molecule has 2 N–H and O–H groups in total. The smallest absolute Gasteiger partial charge is 0.244 e. The largest absolute Gasteiger partial charge is 0.355 e. The number of rotatable bonds is 9. The number of benzene rings is 2. The number of thiazole rings is 1. The molecule has 6 nitrogen and oxygen atoms in total. The van der Waals surface area contributed by atoms with Crippen LogP contribution in [0.2, 0.25) is 0 Å². The Labute approximate surface area is 179 Å². The van der Waals surface area contributed by atoms with Gasteiger partial charge >= 0.3 is 0 Å². The van der Waals surface area contributed by atoms with Gasteiger partial charge in [0.2, 0.25) is 15.9 Å². The maximum Gasteiger partial charge on any atom is 0.244 e. The Morgan fingerprint density at radius 3 is 2.53 bits per heavy atom. The Hall–Kier alpha value is -2.36. The highest BCUT2D eigenvalue weighted by molar-refractivity contribution is 7.89. The van der Waals surface area contributed by atoms with Gasteiger partial charge < -0.3 is 5.32 Å². The fourth-order valence-electron chi connectivity index (χ4n) is 2.97. The first-order valence-electron chi connectivity index (χ1n) is 9.67. The summed E-state index contributed by atoms with van der Waals surface area (Å²) in [5.41, 5.74) is 0.962. The lowest BCUT2D eigenvalue weighted by atomic mass is 10.1. The van der Waals surface area contributed by atoms with Crippen molar-refractivity contribution < 1.29 is 17.6 Å². The second kappa shape index (κ2) is 9.63. The van der Waals surface area contributed by atoms with Gasteiger partial charge in [-0.3, -0.25) is 4.79 Å². The van der Waals surface area contributed by atoms with Gasteiger partial charge in [0.25, 0.3) is 0 Å². The molecule has 160 valence electrons. The second-order valence-corrected chi connectivity index (χ2v) is 10.0. The molecule has 1 heterocycles. The first-order chi connectivity index (χ1) is 14.3. The molecule has 0 saturated heterocycles. The van der Waals surface area contributed by atoms with Crippen LogP contribution in [-0.4, -0.2) is 31.9 Å². The first kappa shape index (κ1) is 22.3. The molecular formula is C21H24FN3O3S2. The summed E-state index contributed by atoms with van der Waals surface area (Å²) < 4.78 is 42.4. The zero-order valence-electron chi connectivity index (χ0n) is 16.8. The summed E-state index contributed by atoms with van der Waals surface area (Å²) in [7, 11) is -4.16. The summed E-state index contributed by atoms with van der Waals surface area (Å²) in [6, 6.07) is 12.0. The highest BCUT2D eigenvalue weighted by atomic mass is 32.2. The molecule has 3 rings (SSSR count). The summed E-state index contributed by atoms with van der Waals surface area (Å²) in [6.45, 7) is 3.85. The molecule has 3 aromatic rings. The molecule has 0 aliphatic carbocycles. The summed E-state index contributed by atoms with van der Waals surface area (Å²) in [5.74, 6) is -1.60. The highest BCUT2D eigenvalue weighted by Gasteiger charge is 2.29. The average Bonchev–Trinajstić information content (AvgIpc) is 3.12. The first-order valence-corrected chi connectivity index (χ1v) is 12.0. The van der Waals surface area contributed by atoms with E-state index in [0.717, 1.165) is 21.3 Å². The van der Waals surface area contributed by atoms with Crippen molar-refractivity contribution in [1.29, 1.82) is 0 Å². The minimum absolute atomic E-state index is 0.309. The number of hydrogen-bond acceptors (Lipinski definition) is 5. The van der Waals surface area contributed by atoms with Crippen molar-refractivity contribution in [2.45, 2.75) is 37.6 Å². The number of halogens is 1.